The highest BCUT2D eigenvalue weighted by atomic mass is 31.2. The first-order chi connectivity index (χ1) is 24.8. The van der Waals surface area contributed by atoms with Gasteiger partial charge >= 0.3 is 23.9 Å². The van der Waals surface area contributed by atoms with E-state index in [1.54, 1.807) is 0 Å². The Morgan fingerprint density at radius 2 is 0.923 bits per heavy atom. The van der Waals surface area contributed by atoms with Crippen LogP contribution in [0.25, 0.3) is 0 Å². The normalized spacial score (nSPS) is 13.3. The van der Waals surface area contributed by atoms with Crippen molar-refractivity contribution in [3.05, 3.63) is 0 Å². The third kappa shape index (κ3) is 35.0. The van der Waals surface area contributed by atoms with Gasteiger partial charge in [-0.3, -0.25) is 23.7 Å². The van der Waals surface area contributed by atoms with Crippen LogP contribution in [0, 0.1) is 0 Å². The lowest BCUT2D eigenvalue weighted by Gasteiger charge is -2.28. The van der Waals surface area contributed by atoms with Gasteiger partial charge in [0.25, 0.3) is 7.82 Å². The largest absolute Gasteiger partial charge is 0.756 e. The van der Waals surface area contributed by atoms with Crippen molar-refractivity contribution in [1.82, 2.24) is 0 Å². The van der Waals surface area contributed by atoms with Crippen LogP contribution >= 0.6 is 7.82 Å². The molecule has 0 rings (SSSR count). The molecule has 0 fully saturated rings. The zero-order valence-electron chi connectivity index (χ0n) is 33.2. The Morgan fingerprint density at radius 1 is 0.519 bits per heavy atom. The number of rotatable bonds is 36. The Kier molecular flexibility index (Phi) is 31.1. The Morgan fingerprint density at radius 3 is 1.37 bits per heavy atom. The maximum absolute atomic E-state index is 12.6. The quantitative estimate of drug-likeness (QED) is 0.0205. The molecule has 0 aromatic rings. The molecule has 0 heterocycles. The number of hydrogen-bond acceptors (Lipinski definition) is 12. The third-order valence-corrected chi connectivity index (χ3v) is 9.17. The summed E-state index contributed by atoms with van der Waals surface area (Å²) in [4.78, 5) is 61.4. The van der Waals surface area contributed by atoms with E-state index in [1.165, 1.54) is 64.2 Å². The van der Waals surface area contributed by atoms with Gasteiger partial charge in [0.15, 0.2) is 6.10 Å². The van der Waals surface area contributed by atoms with Crippen molar-refractivity contribution in [2.24, 2.45) is 0 Å². The van der Waals surface area contributed by atoms with E-state index >= 15 is 0 Å². The number of phosphoric ester groups is 1. The zero-order valence-corrected chi connectivity index (χ0v) is 34.1. The number of carbonyl (C=O) groups is 4. The van der Waals surface area contributed by atoms with Crippen molar-refractivity contribution >= 4 is 31.7 Å². The Labute approximate surface area is 314 Å². The van der Waals surface area contributed by atoms with E-state index in [0.29, 0.717) is 24.2 Å². The molecule has 2 atom stereocenters. The van der Waals surface area contributed by atoms with E-state index in [1.807, 2.05) is 21.1 Å². The molecule has 0 saturated heterocycles. The Balaban J connectivity index is 4.57. The number of phosphoric acid groups is 1. The molecule has 0 bridgehead atoms. The van der Waals surface area contributed by atoms with Crippen molar-refractivity contribution in [2.45, 2.75) is 161 Å². The fourth-order valence-corrected chi connectivity index (χ4v) is 5.73. The molecule has 0 aliphatic rings. The number of hydrogen-bond donors (Lipinski definition) is 0. The van der Waals surface area contributed by atoms with Crippen molar-refractivity contribution < 1.29 is 61.1 Å². The van der Waals surface area contributed by atoms with Crippen LogP contribution in [-0.2, 0) is 51.7 Å². The molecular weight excluding hydrogens is 693 g/mol. The van der Waals surface area contributed by atoms with Gasteiger partial charge in [-0.05, 0) is 25.7 Å². The third-order valence-electron chi connectivity index (χ3n) is 8.20. The van der Waals surface area contributed by atoms with Crippen molar-refractivity contribution in [3.8, 4) is 0 Å². The molecular formula is C38H72NO12P. The van der Waals surface area contributed by atoms with E-state index in [4.69, 9.17) is 28.0 Å². The number of ether oxygens (including phenoxy) is 4. The highest BCUT2D eigenvalue weighted by molar-refractivity contribution is 7.45. The SMILES string of the molecule is CCCCCCCCCCOC(=O)CCCC(=O)OC[C@H](COP(=O)([O-])OCC[N+](C)(C)C)OC(=O)CCCC(=O)OCCCCCCCCCC. The van der Waals surface area contributed by atoms with Crippen LogP contribution in [0.15, 0.2) is 0 Å². The molecule has 306 valence electrons. The molecule has 1 unspecified atom stereocenters. The van der Waals surface area contributed by atoms with E-state index in [9.17, 15) is 28.6 Å². The summed E-state index contributed by atoms with van der Waals surface area (Å²) < 4.78 is 43.7. The van der Waals surface area contributed by atoms with Gasteiger partial charge in [-0.2, -0.15) is 0 Å². The predicted molar refractivity (Wildman–Crippen MR) is 198 cm³/mol. The Hall–Kier alpha value is -2.05. The first-order valence-corrected chi connectivity index (χ1v) is 21.3. The van der Waals surface area contributed by atoms with Gasteiger partial charge in [-0.15, -0.1) is 0 Å². The van der Waals surface area contributed by atoms with Gasteiger partial charge in [-0.25, -0.2) is 0 Å². The summed E-state index contributed by atoms with van der Waals surface area (Å²) in [7, 11) is 0.892. The maximum atomic E-state index is 12.6. The predicted octanol–water partition coefficient (Wildman–Crippen LogP) is 7.36. The number of carbonyl (C=O) groups excluding carboxylic acids is 4. The topological polar surface area (TPSA) is 164 Å². The highest BCUT2D eigenvalue weighted by Crippen LogP contribution is 2.38. The lowest BCUT2D eigenvalue weighted by Crippen LogP contribution is -2.37. The second kappa shape index (κ2) is 32.4. The van der Waals surface area contributed by atoms with Gasteiger partial charge in [0, 0.05) is 25.7 Å². The average Bonchev–Trinajstić information content (AvgIpc) is 3.07. The molecule has 0 aliphatic carbocycles. The molecule has 13 nitrogen and oxygen atoms in total. The van der Waals surface area contributed by atoms with Crippen LogP contribution in [0.4, 0.5) is 0 Å². The molecule has 0 saturated carbocycles. The summed E-state index contributed by atoms with van der Waals surface area (Å²) in [6, 6.07) is 0. The minimum absolute atomic E-state index is 0.0275. The fraction of sp³-hybridized carbons (Fsp3) is 0.895. The van der Waals surface area contributed by atoms with Gasteiger partial charge in [0.2, 0.25) is 0 Å². The van der Waals surface area contributed by atoms with Crippen molar-refractivity contribution in [1.29, 1.82) is 0 Å². The molecule has 0 spiro atoms. The maximum Gasteiger partial charge on any atom is 0.306 e. The van der Waals surface area contributed by atoms with Gasteiger partial charge in [0.1, 0.15) is 19.8 Å². The van der Waals surface area contributed by atoms with Gasteiger partial charge in [0.05, 0.1) is 41.0 Å². The van der Waals surface area contributed by atoms with Crippen LogP contribution in [-0.4, -0.2) is 95.2 Å². The summed E-state index contributed by atoms with van der Waals surface area (Å²) in [5.41, 5.74) is 0. The lowest BCUT2D eigenvalue weighted by atomic mass is 10.1. The Bertz CT molecular complexity index is 988. The minimum atomic E-state index is -4.74. The smallest absolute Gasteiger partial charge is 0.306 e. The van der Waals surface area contributed by atoms with Crippen LogP contribution in [0.2, 0.25) is 0 Å². The van der Waals surface area contributed by atoms with E-state index in [-0.39, 0.29) is 51.1 Å². The number of likely N-dealkylation sites (N-methyl/N-ethyl adjacent to an activating group) is 1. The number of unbranched alkanes of at least 4 members (excludes halogenated alkanes) is 14. The number of nitrogens with zero attached hydrogens (tertiary/aromatic N) is 1. The van der Waals surface area contributed by atoms with Gasteiger partial charge < -0.3 is 37.4 Å². The standard InChI is InChI=1S/C38H72NO12P/c1-6-8-10-12-14-16-18-20-29-46-35(40)24-22-26-37(42)48-32-34(33-50-52(44,45)49-31-28-39(3,4)5)51-38(43)27-23-25-36(41)47-30-21-19-17-15-13-11-9-7-2/h34H,6-33H2,1-5H3/t34-/m1/s1. The molecule has 0 aromatic heterocycles. The molecule has 0 aliphatic heterocycles. The minimum Gasteiger partial charge on any atom is -0.756 e. The monoisotopic (exact) mass is 765 g/mol. The average molecular weight is 766 g/mol. The van der Waals surface area contributed by atoms with Crippen molar-refractivity contribution in [3.63, 3.8) is 0 Å². The second-order valence-corrected chi connectivity index (χ2v) is 15.9. The zero-order chi connectivity index (χ0) is 38.9. The summed E-state index contributed by atoms with van der Waals surface area (Å²) in [5.74, 6) is -2.16. The number of esters is 4. The molecule has 14 heteroatoms. The van der Waals surface area contributed by atoms with E-state index in [2.05, 4.69) is 13.8 Å². The fourth-order valence-electron chi connectivity index (χ4n) is 5.00. The summed E-state index contributed by atoms with van der Waals surface area (Å²) in [5, 5.41) is 0. The first kappa shape index (κ1) is 49.9. The van der Waals surface area contributed by atoms with Crippen LogP contribution < -0.4 is 4.89 Å². The first-order valence-electron chi connectivity index (χ1n) is 19.8. The molecule has 52 heavy (non-hydrogen) atoms. The summed E-state index contributed by atoms with van der Waals surface area (Å²) in [6.45, 7) is 4.28. The molecule has 0 radical (unpaired) electrons. The second-order valence-electron chi connectivity index (χ2n) is 14.5. The van der Waals surface area contributed by atoms with Crippen LogP contribution in [0.1, 0.15) is 155 Å². The summed E-state index contributed by atoms with van der Waals surface area (Å²) >= 11 is 0. The molecule has 0 N–H and O–H groups in total. The molecule has 0 aromatic carbocycles. The van der Waals surface area contributed by atoms with E-state index in [0.717, 1.165) is 38.5 Å². The molecule has 0 amide bonds. The van der Waals surface area contributed by atoms with Gasteiger partial charge in [-0.1, -0.05) is 104 Å². The summed E-state index contributed by atoms with van der Waals surface area (Å²) in [6.07, 6.45) is 17.2. The van der Waals surface area contributed by atoms with Crippen molar-refractivity contribution in [2.75, 3.05) is 60.7 Å². The highest BCUT2D eigenvalue weighted by Gasteiger charge is 2.22. The number of quaternary nitrogens is 1. The van der Waals surface area contributed by atoms with Crippen LogP contribution in [0.5, 0.6) is 0 Å². The van der Waals surface area contributed by atoms with Crippen LogP contribution in [0.3, 0.4) is 0 Å². The van der Waals surface area contributed by atoms with E-state index < -0.39 is 45.0 Å². The lowest BCUT2D eigenvalue weighted by molar-refractivity contribution is -0.870.